The summed E-state index contributed by atoms with van der Waals surface area (Å²) in [5.74, 6) is -0.741. The molecule has 0 rings (SSSR count). The maximum atomic E-state index is 9.92. The first-order valence-corrected chi connectivity index (χ1v) is 3.82. The van der Waals surface area contributed by atoms with E-state index in [2.05, 4.69) is 15.9 Å². The van der Waals surface area contributed by atoms with Crippen molar-refractivity contribution in [3.8, 4) is 0 Å². The number of hydrogen-bond donors (Lipinski definition) is 1. The number of alkyl halides is 1. The van der Waals surface area contributed by atoms with E-state index in [1.54, 1.807) is 0 Å². The molecule has 0 aliphatic heterocycles. The van der Waals surface area contributed by atoms with Gasteiger partial charge in [-0.1, -0.05) is 28.1 Å². The van der Waals surface area contributed by atoms with E-state index in [0.717, 1.165) is 5.33 Å². The first-order chi connectivity index (χ1) is 4.27. The Morgan fingerprint density at radius 2 is 2.22 bits per heavy atom. The summed E-state index contributed by atoms with van der Waals surface area (Å²) < 4.78 is 0. The Balaban J connectivity index is 3.09. The van der Waals surface area contributed by atoms with Gasteiger partial charge in [0, 0.05) is 11.8 Å². The van der Waals surface area contributed by atoms with Crippen LogP contribution < -0.4 is 0 Å². The van der Waals surface area contributed by atoms with Gasteiger partial charge in [0.15, 0.2) is 0 Å². The van der Waals surface area contributed by atoms with Crippen LogP contribution in [0.3, 0.4) is 0 Å². The zero-order chi connectivity index (χ0) is 7.11. The van der Waals surface area contributed by atoms with Gasteiger partial charge in [0.1, 0.15) is 0 Å². The molecule has 0 aromatic carbocycles. The van der Waals surface area contributed by atoms with E-state index in [1.165, 1.54) is 0 Å². The van der Waals surface area contributed by atoms with Crippen LogP contribution in [0, 0.1) is 0 Å². The number of carbonyl (C=O) groups is 1. The third-order valence-corrected chi connectivity index (χ3v) is 1.15. The highest BCUT2D eigenvalue weighted by molar-refractivity contribution is 9.09. The molecule has 3 heteroatoms. The summed E-state index contributed by atoms with van der Waals surface area (Å²) >= 11 is 3.18. The predicted molar refractivity (Wildman–Crippen MR) is 39.8 cm³/mol. The number of rotatable bonds is 4. The molecule has 1 N–H and O–H groups in total. The largest absolute Gasteiger partial charge is 0.481 e. The number of halogens is 1. The fraction of sp³-hybridized carbons (Fsp3) is 0.500. The molecule has 52 valence electrons. The Bertz CT molecular complexity index is 110. The van der Waals surface area contributed by atoms with Crippen LogP contribution in [0.2, 0.25) is 0 Å². The van der Waals surface area contributed by atoms with Crippen molar-refractivity contribution in [1.82, 2.24) is 0 Å². The summed E-state index contributed by atoms with van der Waals surface area (Å²) in [4.78, 5) is 9.92. The standard InChI is InChI=1S/C6H9BrO2/c7-5-3-1-2-4-6(8)9/h1,3H,2,4-5H2,(H,8,9). The monoisotopic (exact) mass is 192 g/mol. The Morgan fingerprint density at radius 1 is 1.56 bits per heavy atom. The van der Waals surface area contributed by atoms with Crippen LogP contribution in [0.1, 0.15) is 12.8 Å². The number of carboxylic acids is 1. The van der Waals surface area contributed by atoms with Crippen LogP contribution in [-0.2, 0) is 4.79 Å². The quantitative estimate of drug-likeness (QED) is 0.545. The zero-order valence-corrected chi connectivity index (χ0v) is 6.60. The van der Waals surface area contributed by atoms with Crippen molar-refractivity contribution in [3.05, 3.63) is 12.2 Å². The van der Waals surface area contributed by atoms with Gasteiger partial charge in [0.2, 0.25) is 0 Å². The van der Waals surface area contributed by atoms with Crippen LogP contribution in [0.15, 0.2) is 12.2 Å². The van der Waals surface area contributed by atoms with Crippen molar-refractivity contribution in [2.24, 2.45) is 0 Å². The molecule has 0 saturated heterocycles. The van der Waals surface area contributed by atoms with Crippen molar-refractivity contribution in [1.29, 1.82) is 0 Å². The molecule has 9 heavy (non-hydrogen) atoms. The van der Waals surface area contributed by atoms with Crippen molar-refractivity contribution in [2.75, 3.05) is 5.33 Å². The Labute approximate surface area is 62.7 Å². The van der Waals surface area contributed by atoms with Gasteiger partial charge in [-0.2, -0.15) is 0 Å². The highest BCUT2D eigenvalue weighted by Crippen LogP contribution is 1.91. The summed E-state index contributed by atoms with van der Waals surface area (Å²) in [6.07, 6.45) is 4.59. The maximum absolute atomic E-state index is 9.92. The van der Waals surface area contributed by atoms with E-state index < -0.39 is 5.97 Å². The zero-order valence-electron chi connectivity index (χ0n) is 5.01. The number of allylic oxidation sites excluding steroid dienone is 2. The van der Waals surface area contributed by atoms with Gasteiger partial charge >= 0.3 is 5.97 Å². The Hall–Kier alpha value is -0.310. The Morgan fingerprint density at radius 3 is 2.67 bits per heavy atom. The molecule has 0 fully saturated rings. The summed E-state index contributed by atoms with van der Waals surface area (Å²) in [5.41, 5.74) is 0. The first kappa shape index (κ1) is 8.69. The van der Waals surface area contributed by atoms with Crippen LogP contribution in [-0.4, -0.2) is 16.4 Å². The normalized spacial score (nSPS) is 10.3. The van der Waals surface area contributed by atoms with Gasteiger partial charge in [0.25, 0.3) is 0 Å². The SMILES string of the molecule is O=C(O)CCC=CCBr. The topological polar surface area (TPSA) is 37.3 Å². The molecular weight excluding hydrogens is 184 g/mol. The smallest absolute Gasteiger partial charge is 0.303 e. The highest BCUT2D eigenvalue weighted by Gasteiger charge is 1.90. The fourth-order valence-corrected chi connectivity index (χ4v) is 0.652. The molecule has 0 spiro atoms. The van der Waals surface area contributed by atoms with Crippen molar-refractivity contribution < 1.29 is 9.90 Å². The second kappa shape index (κ2) is 5.82. The van der Waals surface area contributed by atoms with Gasteiger partial charge in [-0.15, -0.1) is 0 Å². The average molecular weight is 193 g/mol. The summed E-state index contributed by atoms with van der Waals surface area (Å²) in [6, 6.07) is 0. The summed E-state index contributed by atoms with van der Waals surface area (Å²) in [5, 5.41) is 8.97. The molecule has 0 aliphatic carbocycles. The molecule has 0 heterocycles. The predicted octanol–water partition coefficient (Wildman–Crippen LogP) is 1.80. The van der Waals surface area contributed by atoms with Crippen molar-refractivity contribution in [3.63, 3.8) is 0 Å². The Kier molecular flexibility index (Phi) is 5.62. The molecule has 0 saturated carbocycles. The summed E-state index contributed by atoms with van der Waals surface area (Å²) in [6.45, 7) is 0. The van der Waals surface area contributed by atoms with Crippen LogP contribution in [0.25, 0.3) is 0 Å². The van der Waals surface area contributed by atoms with E-state index in [9.17, 15) is 4.79 Å². The van der Waals surface area contributed by atoms with Crippen LogP contribution in [0.4, 0.5) is 0 Å². The van der Waals surface area contributed by atoms with E-state index >= 15 is 0 Å². The number of aliphatic carboxylic acids is 1. The van der Waals surface area contributed by atoms with Crippen molar-refractivity contribution in [2.45, 2.75) is 12.8 Å². The number of hydrogen-bond acceptors (Lipinski definition) is 1. The minimum Gasteiger partial charge on any atom is -0.481 e. The molecule has 0 bridgehead atoms. The summed E-state index contributed by atoms with van der Waals surface area (Å²) in [7, 11) is 0. The average Bonchev–Trinajstić information content (AvgIpc) is 1.80. The molecular formula is C6H9BrO2. The maximum Gasteiger partial charge on any atom is 0.303 e. The lowest BCUT2D eigenvalue weighted by molar-refractivity contribution is -0.136. The third kappa shape index (κ3) is 7.69. The lowest BCUT2D eigenvalue weighted by Crippen LogP contribution is -1.91. The van der Waals surface area contributed by atoms with Gasteiger partial charge < -0.3 is 5.11 Å². The molecule has 0 aromatic heterocycles. The molecule has 2 nitrogen and oxygen atoms in total. The lowest BCUT2D eigenvalue weighted by Gasteiger charge is -1.84. The second-order valence-corrected chi connectivity index (χ2v) is 2.21. The van der Waals surface area contributed by atoms with Crippen molar-refractivity contribution >= 4 is 21.9 Å². The minimum atomic E-state index is -0.741. The lowest BCUT2D eigenvalue weighted by atomic mass is 10.3. The molecule has 0 radical (unpaired) electrons. The van der Waals surface area contributed by atoms with E-state index in [0.29, 0.717) is 6.42 Å². The minimum absolute atomic E-state index is 0.226. The van der Waals surface area contributed by atoms with E-state index in [-0.39, 0.29) is 6.42 Å². The first-order valence-electron chi connectivity index (χ1n) is 2.70. The van der Waals surface area contributed by atoms with Gasteiger partial charge in [-0.3, -0.25) is 4.79 Å². The van der Waals surface area contributed by atoms with Crippen LogP contribution >= 0.6 is 15.9 Å². The second-order valence-electron chi connectivity index (χ2n) is 1.56. The van der Waals surface area contributed by atoms with E-state index in [1.807, 2.05) is 12.2 Å². The fourth-order valence-electron chi connectivity index (χ4n) is 0.388. The van der Waals surface area contributed by atoms with Gasteiger partial charge in [0.05, 0.1) is 0 Å². The van der Waals surface area contributed by atoms with E-state index in [4.69, 9.17) is 5.11 Å². The van der Waals surface area contributed by atoms with Gasteiger partial charge in [-0.25, -0.2) is 0 Å². The highest BCUT2D eigenvalue weighted by atomic mass is 79.9. The third-order valence-electron chi connectivity index (χ3n) is 0.781. The molecule has 0 aliphatic rings. The van der Waals surface area contributed by atoms with Gasteiger partial charge in [-0.05, 0) is 6.42 Å². The molecule has 0 atom stereocenters. The number of carboxylic acid groups (broad SMARTS) is 1. The molecule has 0 unspecified atom stereocenters. The molecule has 0 amide bonds. The molecule has 0 aromatic rings. The van der Waals surface area contributed by atoms with Crippen LogP contribution in [0.5, 0.6) is 0 Å².